The summed E-state index contributed by atoms with van der Waals surface area (Å²) in [5, 5.41) is 12.8. The van der Waals surface area contributed by atoms with Crippen molar-refractivity contribution in [2.75, 3.05) is 5.32 Å². The minimum Gasteiger partial charge on any atom is -0.476 e. The van der Waals surface area contributed by atoms with Crippen LogP contribution in [-0.4, -0.2) is 27.9 Å². The first-order valence-electron chi connectivity index (χ1n) is 6.10. The fourth-order valence-corrected chi connectivity index (χ4v) is 3.33. The lowest BCUT2D eigenvalue weighted by atomic mass is 10.0. The Morgan fingerprint density at radius 1 is 1.26 bits per heavy atom. The van der Waals surface area contributed by atoms with Gasteiger partial charge in [0.25, 0.3) is 0 Å². The van der Waals surface area contributed by atoms with Crippen LogP contribution >= 0.6 is 11.3 Å². The lowest BCUT2D eigenvalue weighted by Crippen LogP contribution is -2.10. The van der Waals surface area contributed by atoms with Crippen LogP contribution in [0.1, 0.15) is 54.8 Å². The number of hydrogen-bond acceptors (Lipinski definition) is 5. The number of nitrogens with one attached hydrogen (secondary N) is 1. The average molecular weight is 282 g/mol. The predicted octanol–water partition coefficient (Wildman–Crippen LogP) is 2.89. The van der Waals surface area contributed by atoms with Crippen LogP contribution in [0, 0.1) is 10.8 Å². The van der Waals surface area contributed by atoms with Crippen molar-refractivity contribution in [3.05, 3.63) is 10.6 Å². The van der Waals surface area contributed by atoms with Crippen molar-refractivity contribution in [3.8, 4) is 0 Å². The summed E-state index contributed by atoms with van der Waals surface area (Å²) in [6, 6.07) is 0.229. The van der Waals surface area contributed by atoms with Gasteiger partial charge in [0.05, 0.1) is 0 Å². The molecule has 0 atom stereocenters. The second kappa shape index (κ2) is 4.03. The van der Waals surface area contributed by atoms with Gasteiger partial charge in [0, 0.05) is 13.0 Å². The lowest BCUT2D eigenvalue weighted by molar-refractivity contribution is 0.0687. The van der Waals surface area contributed by atoms with E-state index in [4.69, 9.17) is 5.11 Å². The second-order valence-corrected chi connectivity index (χ2v) is 7.08. The number of carbonyl (C=O) groups is 2. The number of nitrogens with zero attached hydrogens (tertiary/aromatic N) is 1. The van der Waals surface area contributed by atoms with Gasteiger partial charge in [-0.2, -0.15) is 0 Å². The van der Waals surface area contributed by atoms with Gasteiger partial charge in [0.1, 0.15) is 4.88 Å². The number of rotatable bonds is 4. The maximum atomic E-state index is 11.4. The van der Waals surface area contributed by atoms with E-state index in [-0.39, 0.29) is 33.2 Å². The molecule has 19 heavy (non-hydrogen) atoms. The Labute approximate surface area is 116 Å². The molecule has 0 radical (unpaired) electrons. The van der Waals surface area contributed by atoms with Crippen molar-refractivity contribution in [1.82, 2.24) is 4.98 Å². The van der Waals surface area contributed by atoms with Gasteiger partial charge < -0.3 is 10.4 Å². The number of carbonyl (C=O) groups excluding carboxylic acids is 1. The zero-order valence-electron chi connectivity index (χ0n) is 11.7. The summed E-state index contributed by atoms with van der Waals surface area (Å²) in [6.45, 7) is 9.98. The van der Waals surface area contributed by atoms with Crippen molar-refractivity contribution in [1.29, 1.82) is 0 Å². The topological polar surface area (TPSA) is 79.3 Å². The molecule has 1 aromatic heterocycles. The smallest absolute Gasteiger partial charge is 0.356 e. The Bertz CT molecular complexity index is 515. The van der Waals surface area contributed by atoms with Crippen LogP contribution in [-0.2, 0) is 0 Å². The Hall–Kier alpha value is -1.43. The molecule has 1 saturated carbocycles. The maximum Gasteiger partial charge on any atom is 0.356 e. The van der Waals surface area contributed by atoms with Crippen molar-refractivity contribution < 1.29 is 14.7 Å². The molecule has 5 nitrogen and oxygen atoms in total. The molecule has 1 aliphatic rings. The van der Waals surface area contributed by atoms with Crippen molar-refractivity contribution in [3.63, 3.8) is 0 Å². The zero-order chi connectivity index (χ0) is 14.6. The van der Waals surface area contributed by atoms with E-state index in [9.17, 15) is 9.59 Å². The van der Waals surface area contributed by atoms with Crippen molar-refractivity contribution in [2.45, 2.75) is 40.7 Å². The molecule has 0 amide bonds. The summed E-state index contributed by atoms with van der Waals surface area (Å²) in [7, 11) is 0. The van der Waals surface area contributed by atoms with Gasteiger partial charge >= 0.3 is 5.97 Å². The summed E-state index contributed by atoms with van der Waals surface area (Å²) in [5.41, 5.74) is 0.0907. The number of Topliss-reactive ketones (excluding diaryl/α,β-unsaturated/α-hetero) is 1. The summed E-state index contributed by atoms with van der Waals surface area (Å²) in [6.07, 6.45) is 0. The number of aromatic nitrogens is 1. The number of thiazole rings is 1. The number of carboxylic acid groups (broad SMARTS) is 1. The SMILES string of the molecule is CC(=O)c1sc(NC2C(C)(C)C2(C)C)nc1C(=O)O. The molecule has 0 bridgehead atoms. The van der Waals surface area contributed by atoms with Gasteiger partial charge in [-0.15, -0.1) is 0 Å². The molecule has 104 valence electrons. The minimum atomic E-state index is -1.16. The van der Waals surface area contributed by atoms with Gasteiger partial charge in [-0.3, -0.25) is 4.79 Å². The monoisotopic (exact) mass is 282 g/mol. The van der Waals surface area contributed by atoms with Crippen LogP contribution in [0.3, 0.4) is 0 Å². The summed E-state index contributed by atoms with van der Waals surface area (Å²) in [5.74, 6) is -1.43. The van der Waals surface area contributed by atoms with E-state index in [1.165, 1.54) is 6.92 Å². The minimum absolute atomic E-state index is 0.123. The van der Waals surface area contributed by atoms with Crippen molar-refractivity contribution in [2.24, 2.45) is 10.8 Å². The third-order valence-electron chi connectivity index (χ3n) is 4.44. The quantitative estimate of drug-likeness (QED) is 0.830. The van der Waals surface area contributed by atoms with E-state index >= 15 is 0 Å². The van der Waals surface area contributed by atoms with E-state index in [1.807, 2.05) is 0 Å². The molecule has 0 spiro atoms. The van der Waals surface area contributed by atoms with Crippen LogP contribution in [0.5, 0.6) is 0 Å². The van der Waals surface area contributed by atoms with Crippen LogP contribution in [0.4, 0.5) is 5.13 Å². The van der Waals surface area contributed by atoms with Crippen LogP contribution in [0.2, 0.25) is 0 Å². The van der Waals surface area contributed by atoms with Crippen LogP contribution in [0.25, 0.3) is 0 Å². The molecule has 1 aromatic rings. The summed E-state index contributed by atoms with van der Waals surface area (Å²) < 4.78 is 0. The number of anilines is 1. The van der Waals surface area contributed by atoms with E-state index in [2.05, 4.69) is 38.0 Å². The Morgan fingerprint density at radius 2 is 1.79 bits per heavy atom. The van der Waals surface area contributed by atoms with Crippen LogP contribution < -0.4 is 5.32 Å². The zero-order valence-corrected chi connectivity index (χ0v) is 12.5. The first-order valence-corrected chi connectivity index (χ1v) is 6.92. The average Bonchev–Trinajstić information content (AvgIpc) is 2.67. The fraction of sp³-hybridized carbons (Fsp3) is 0.615. The van der Waals surface area contributed by atoms with E-state index in [0.29, 0.717) is 5.13 Å². The van der Waals surface area contributed by atoms with Crippen molar-refractivity contribution >= 4 is 28.2 Å². The molecule has 0 aliphatic heterocycles. The largest absolute Gasteiger partial charge is 0.476 e. The van der Waals surface area contributed by atoms with Gasteiger partial charge in [-0.25, -0.2) is 9.78 Å². The highest BCUT2D eigenvalue weighted by Gasteiger charge is 2.65. The Balaban J connectivity index is 2.27. The second-order valence-electron chi connectivity index (χ2n) is 6.08. The molecular formula is C13H18N2O3S. The Kier molecular flexibility index (Phi) is 2.97. The van der Waals surface area contributed by atoms with E-state index < -0.39 is 5.97 Å². The predicted molar refractivity (Wildman–Crippen MR) is 74.1 cm³/mol. The van der Waals surface area contributed by atoms with Gasteiger partial charge in [0.2, 0.25) is 0 Å². The first kappa shape index (κ1) is 14.0. The van der Waals surface area contributed by atoms with Gasteiger partial charge in [0.15, 0.2) is 16.6 Å². The first-order chi connectivity index (χ1) is 8.59. The van der Waals surface area contributed by atoms with E-state index in [1.54, 1.807) is 0 Å². The van der Waals surface area contributed by atoms with E-state index in [0.717, 1.165) is 11.3 Å². The highest BCUT2D eigenvalue weighted by molar-refractivity contribution is 7.17. The number of hydrogen-bond donors (Lipinski definition) is 2. The summed E-state index contributed by atoms with van der Waals surface area (Å²) >= 11 is 1.11. The number of carboxylic acids is 1. The highest BCUT2D eigenvalue weighted by atomic mass is 32.1. The molecule has 0 unspecified atom stereocenters. The molecule has 2 N–H and O–H groups in total. The highest BCUT2D eigenvalue weighted by Crippen LogP contribution is 2.63. The summed E-state index contributed by atoms with van der Waals surface area (Å²) in [4.78, 5) is 26.7. The van der Waals surface area contributed by atoms with Gasteiger partial charge in [-0.1, -0.05) is 39.0 Å². The molecule has 1 heterocycles. The normalized spacial score (nSPS) is 20.1. The maximum absolute atomic E-state index is 11.4. The standard InChI is InChI=1S/C13H18N2O3S/c1-6(16)8-7(9(17)18)14-11(19-8)15-10-12(2,3)13(10,4)5/h10H,1-5H3,(H,14,15)(H,17,18). The molecule has 1 aliphatic carbocycles. The number of aromatic carboxylic acids is 1. The molecular weight excluding hydrogens is 264 g/mol. The molecule has 0 saturated heterocycles. The molecule has 0 aromatic carbocycles. The molecule has 2 rings (SSSR count). The third-order valence-corrected chi connectivity index (χ3v) is 5.53. The fourth-order valence-electron chi connectivity index (χ4n) is 2.45. The van der Waals surface area contributed by atoms with Crippen LogP contribution in [0.15, 0.2) is 0 Å². The molecule has 6 heteroatoms. The molecule has 1 fully saturated rings. The Morgan fingerprint density at radius 3 is 2.11 bits per heavy atom. The lowest BCUT2D eigenvalue weighted by Gasteiger charge is -2.03. The van der Waals surface area contributed by atoms with Gasteiger partial charge in [-0.05, 0) is 10.8 Å². The third kappa shape index (κ3) is 2.04. The number of ketones is 1.